The third-order valence-electron chi connectivity index (χ3n) is 3.85. The summed E-state index contributed by atoms with van der Waals surface area (Å²) in [6.07, 6.45) is 2.17. The molecule has 1 heterocycles. The van der Waals surface area contributed by atoms with Crippen molar-refractivity contribution in [1.29, 1.82) is 0 Å². The fourth-order valence-corrected chi connectivity index (χ4v) is 2.55. The number of likely N-dealkylation sites (tertiary alicyclic amines) is 1. The second kappa shape index (κ2) is 8.50. The molecule has 1 aliphatic rings. The van der Waals surface area contributed by atoms with Gasteiger partial charge in [0.1, 0.15) is 5.82 Å². The molecule has 1 amide bonds. The van der Waals surface area contributed by atoms with Gasteiger partial charge in [-0.3, -0.25) is 4.79 Å². The first-order chi connectivity index (χ1) is 11.1. The molecule has 2 rings (SSSR count). The highest BCUT2D eigenvalue weighted by Crippen LogP contribution is 2.10. The maximum Gasteiger partial charge on any atom is 0.241 e. The standard InChI is InChI=1S/C17H25FN4O/c1-3-19-17(21-12-16(23)22-8-4-5-9-22)20-11-14-6-7-15(18)13(2)10-14/h6-7,10H,3-5,8-9,11-12H2,1-2H3,(H2,19,20,21). The summed E-state index contributed by atoms with van der Waals surface area (Å²) in [4.78, 5) is 18.4. The Bertz CT molecular complexity index is 568. The lowest BCUT2D eigenvalue weighted by atomic mass is 10.1. The predicted molar refractivity (Wildman–Crippen MR) is 89.8 cm³/mol. The smallest absolute Gasteiger partial charge is 0.241 e. The number of carbonyl (C=O) groups is 1. The van der Waals surface area contributed by atoms with Crippen LogP contribution in [-0.4, -0.2) is 42.9 Å². The molecule has 0 aliphatic carbocycles. The maximum absolute atomic E-state index is 13.3. The second-order valence-corrected chi connectivity index (χ2v) is 5.72. The number of nitrogens with one attached hydrogen (secondary N) is 2. The van der Waals surface area contributed by atoms with E-state index in [0.29, 0.717) is 24.6 Å². The van der Waals surface area contributed by atoms with Gasteiger partial charge >= 0.3 is 0 Å². The number of rotatable bonds is 5. The van der Waals surface area contributed by atoms with E-state index in [4.69, 9.17) is 0 Å². The highest BCUT2D eigenvalue weighted by Gasteiger charge is 2.17. The van der Waals surface area contributed by atoms with Gasteiger partial charge in [-0.25, -0.2) is 9.38 Å². The highest BCUT2D eigenvalue weighted by atomic mass is 19.1. The molecule has 0 aromatic heterocycles. The van der Waals surface area contributed by atoms with Crippen molar-refractivity contribution in [1.82, 2.24) is 15.5 Å². The van der Waals surface area contributed by atoms with Crippen LogP contribution in [-0.2, 0) is 11.3 Å². The topological polar surface area (TPSA) is 56.7 Å². The first-order valence-corrected chi connectivity index (χ1v) is 8.15. The Hall–Kier alpha value is -2.11. The molecule has 0 bridgehead atoms. The molecule has 2 N–H and O–H groups in total. The lowest BCUT2D eigenvalue weighted by Gasteiger charge is -2.17. The number of benzene rings is 1. The summed E-state index contributed by atoms with van der Waals surface area (Å²) in [5, 5.41) is 6.19. The molecule has 0 radical (unpaired) electrons. The number of hydrogen-bond acceptors (Lipinski definition) is 2. The van der Waals surface area contributed by atoms with Crippen LogP contribution in [0.25, 0.3) is 0 Å². The lowest BCUT2D eigenvalue weighted by molar-refractivity contribution is -0.128. The van der Waals surface area contributed by atoms with E-state index in [0.717, 1.165) is 31.5 Å². The summed E-state index contributed by atoms with van der Waals surface area (Å²) in [5.41, 5.74) is 1.55. The van der Waals surface area contributed by atoms with Crippen LogP contribution in [0.2, 0.25) is 0 Å². The van der Waals surface area contributed by atoms with Crippen LogP contribution in [0.1, 0.15) is 30.9 Å². The first-order valence-electron chi connectivity index (χ1n) is 8.15. The quantitative estimate of drug-likeness (QED) is 0.643. The summed E-state index contributed by atoms with van der Waals surface area (Å²) in [6, 6.07) is 4.97. The van der Waals surface area contributed by atoms with E-state index in [9.17, 15) is 9.18 Å². The molecular weight excluding hydrogens is 295 g/mol. The zero-order chi connectivity index (χ0) is 16.7. The van der Waals surface area contributed by atoms with Gasteiger partial charge in [0.15, 0.2) is 5.96 Å². The van der Waals surface area contributed by atoms with Gasteiger partial charge in [0, 0.05) is 19.6 Å². The van der Waals surface area contributed by atoms with E-state index < -0.39 is 0 Å². The van der Waals surface area contributed by atoms with Crippen LogP contribution < -0.4 is 10.6 Å². The number of nitrogens with zero attached hydrogens (tertiary/aromatic N) is 2. The average molecular weight is 320 g/mol. The minimum Gasteiger partial charge on any atom is -0.357 e. The van der Waals surface area contributed by atoms with Gasteiger partial charge in [-0.2, -0.15) is 0 Å². The Kier molecular flexibility index (Phi) is 6.38. The highest BCUT2D eigenvalue weighted by molar-refractivity contribution is 5.86. The van der Waals surface area contributed by atoms with Crippen molar-refractivity contribution in [2.75, 3.05) is 26.2 Å². The van der Waals surface area contributed by atoms with E-state index in [2.05, 4.69) is 15.6 Å². The van der Waals surface area contributed by atoms with Crippen molar-refractivity contribution in [2.24, 2.45) is 4.99 Å². The second-order valence-electron chi connectivity index (χ2n) is 5.72. The number of aliphatic imine (C=N–C) groups is 1. The van der Waals surface area contributed by atoms with Gasteiger partial charge in [0.2, 0.25) is 5.91 Å². The van der Waals surface area contributed by atoms with E-state index in [1.54, 1.807) is 19.1 Å². The summed E-state index contributed by atoms with van der Waals surface area (Å²) < 4.78 is 13.3. The largest absolute Gasteiger partial charge is 0.357 e. The van der Waals surface area contributed by atoms with E-state index in [1.165, 1.54) is 6.07 Å². The minimum atomic E-state index is -0.209. The Labute approximate surface area is 137 Å². The van der Waals surface area contributed by atoms with Gasteiger partial charge in [-0.05, 0) is 43.9 Å². The zero-order valence-corrected chi connectivity index (χ0v) is 13.9. The number of aryl methyl sites for hydroxylation is 1. The normalized spacial score (nSPS) is 14.9. The molecule has 126 valence electrons. The maximum atomic E-state index is 13.3. The van der Waals surface area contributed by atoms with Crippen LogP contribution in [0, 0.1) is 12.7 Å². The fraction of sp³-hybridized carbons (Fsp3) is 0.529. The van der Waals surface area contributed by atoms with Gasteiger partial charge in [-0.15, -0.1) is 0 Å². The third-order valence-corrected chi connectivity index (χ3v) is 3.85. The van der Waals surface area contributed by atoms with Crippen molar-refractivity contribution in [3.05, 3.63) is 35.1 Å². The van der Waals surface area contributed by atoms with Crippen LogP contribution in [0.3, 0.4) is 0 Å². The van der Waals surface area contributed by atoms with Crippen LogP contribution in [0.4, 0.5) is 4.39 Å². The number of amides is 1. The Balaban J connectivity index is 1.90. The minimum absolute atomic E-state index is 0.103. The average Bonchev–Trinajstić information content (AvgIpc) is 3.07. The Morgan fingerprint density at radius 1 is 1.30 bits per heavy atom. The summed E-state index contributed by atoms with van der Waals surface area (Å²) in [5.74, 6) is 0.492. The van der Waals surface area contributed by atoms with Crippen LogP contribution in [0.5, 0.6) is 0 Å². The number of halogens is 1. The van der Waals surface area contributed by atoms with Crippen molar-refractivity contribution < 1.29 is 9.18 Å². The van der Waals surface area contributed by atoms with Crippen molar-refractivity contribution in [3.63, 3.8) is 0 Å². The van der Waals surface area contributed by atoms with Gasteiger partial charge in [-0.1, -0.05) is 12.1 Å². The number of carbonyl (C=O) groups excluding carboxylic acids is 1. The molecule has 1 fully saturated rings. The summed E-state index contributed by atoms with van der Waals surface area (Å²) >= 11 is 0. The molecule has 1 aromatic carbocycles. The molecule has 5 nitrogen and oxygen atoms in total. The van der Waals surface area contributed by atoms with Crippen LogP contribution >= 0.6 is 0 Å². The van der Waals surface area contributed by atoms with Crippen molar-refractivity contribution >= 4 is 11.9 Å². The lowest BCUT2D eigenvalue weighted by Crippen LogP contribution is -2.44. The fourth-order valence-electron chi connectivity index (χ4n) is 2.55. The summed E-state index contributed by atoms with van der Waals surface area (Å²) in [7, 11) is 0. The summed E-state index contributed by atoms with van der Waals surface area (Å²) in [6.45, 7) is 6.81. The first kappa shape index (κ1) is 17.2. The van der Waals surface area contributed by atoms with Gasteiger partial charge < -0.3 is 15.5 Å². The Morgan fingerprint density at radius 2 is 2.04 bits per heavy atom. The molecule has 6 heteroatoms. The SMILES string of the molecule is CCNC(=NCc1ccc(F)c(C)c1)NCC(=O)N1CCCC1. The zero-order valence-electron chi connectivity index (χ0n) is 13.9. The molecule has 1 saturated heterocycles. The van der Waals surface area contributed by atoms with Gasteiger partial charge in [0.25, 0.3) is 0 Å². The third kappa shape index (κ3) is 5.23. The van der Waals surface area contributed by atoms with Gasteiger partial charge in [0.05, 0.1) is 13.1 Å². The van der Waals surface area contributed by atoms with E-state index in [1.807, 2.05) is 11.8 Å². The van der Waals surface area contributed by atoms with Crippen molar-refractivity contribution in [3.8, 4) is 0 Å². The van der Waals surface area contributed by atoms with E-state index in [-0.39, 0.29) is 18.3 Å². The predicted octanol–water partition coefficient (Wildman–Crippen LogP) is 1.81. The van der Waals surface area contributed by atoms with E-state index >= 15 is 0 Å². The number of guanidine groups is 1. The molecule has 0 saturated carbocycles. The Morgan fingerprint density at radius 3 is 2.70 bits per heavy atom. The molecular formula is C17H25FN4O. The molecule has 0 unspecified atom stereocenters. The molecule has 1 aliphatic heterocycles. The van der Waals surface area contributed by atoms with Crippen LogP contribution in [0.15, 0.2) is 23.2 Å². The molecule has 0 atom stereocenters. The molecule has 1 aromatic rings. The molecule has 23 heavy (non-hydrogen) atoms. The molecule has 0 spiro atoms. The monoisotopic (exact) mass is 320 g/mol. The number of hydrogen-bond donors (Lipinski definition) is 2. The van der Waals surface area contributed by atoms with Crippen molar-refractivity contribution in [2.45, 2.75) is 33.2 Å².